The van der Waals surface area contributed by atoms with Crippen LogP contribution in [0.2, 0.25) is 0 Å². The summed E-state index contributed by atoms with van der Waals surface area (Å²) < 4.78 is 0. The smallest absolute Gasteiger partial charge is 0.0895 e. The van der Waals surface area contributed by atoms with Crippen molar-refractivity contribution in [1.29, 1.82) is 0 Å². The number of rotatable bonds is 4. The Kier molecular flexibility index (Phi) is 4.00. The molecule has 0 radical (unpaired) electrons. The van der Waals surface area contributed by atoms with Crippen LogP contribution >= 0.6 is 0 Å². The Morgan fingerprint density at radius 1 is 1.55 bits per heavy atom. The number of hydrogen-bond acceptors (Lipinski definition) is 3. The summed E-state index contributed by atoms with van der Waals surface area (Å²) in [4.78, 5) is 2.01. The van der Waals surface area contributed by atoms with Crippen molar-refractivity contribution >= 4 is 0 Å². The molecule has 0 saturated carbocycles. The van der Waals surface area contributed by atoms with Gasteiger partial charge in [0.1, 0.15) is 0 Å². The van der Waals surface area contributed by atoms with Crippen LogP contribution in [-0.4, -0.2) is 42.3 Å². The molecular formula is C8H20N2O. The average Bonchev–Trinajstić information content (AvgIpc) is 1.88. The summed E-state index contributed by atoms with van der Waals surface area (Å²) in [5.74, 6) is 0. The second kappa shape index (κ2) is 4.04. The molecular weight excluding hydrogens is 140 g/mol. The molecule has 0 amide bonds. The monoisotopic (exact) mass is 160 g/mol. The molecule has 0 spiro atoms. The van der Waals surface area contributed by atoms with Crippen LogP contribution in [0.25, 0.3) is 0 Å². The molecule has 0 aliphatic heterocycles. The third-order valence-corrected chi connectivity index (χ3v) is 2.14. The second-order valence-corrected chi connectivity index (χ2v) is 3.45. The molecule has 68 valence electrons. The van der Waals surface area contributed by atoms with E-state index < -0.39 is 5.60 Å². The van der Waals surface area contributed by atoms with Gasteiger partial charge >= 0.3 is 0 Å². The standard InChI is InChI=1S/C8H20N2O/c1-5-7(10(3)4)8(2,11)6-9/h7,11H,5-6,9H2,1-4H3. The van der Waals surface area contributed by atoms with Gasteiger partial charge in [-0.05, 0) is 27.4 Å². The molecule has 0 fully saturated rings. The molecule has 0 saturated heterocycles. The molecule has 0 aliphatic rings. The summed E-state index contributed by atoms with van der Waals surface area (Å²) in [6.07, 6.45) is 0.914. The van der Waals surface area contributed by atoms with E-state index in [1.807, 2.05) is 19.0 Å². The highest BCUT2D eigenvalue weighted by molar-refractivity contribution is 4.87. The molecule has 0 aromatic heterocycles. The Bertz CT molecular complexity index is 113. The van der Waals surface area contributed by atoms with E-state index in [4.69, 9.17) is 5.73 Å². The van der Waals surface area contributed by atoms with E-state index in [2.05, 4.69) is 6.92 Å². The number of nitrogens with two attached hydrogens (primary N) is 1. The van der Waals surface area contributed by atoms with Crippen LogP contribution in [0.5, 0.6) is 0 Å². The highest BCUT2D eigenvalue weighted by Gasteiger charge is 2.30. The van der Waals surface area contributed by atoms with Gasteiger partial charge in [0.2, 0.25) is 0 Å². The van der Waals surface area contributed by atoms with E-state index in [0.717, 1.165) is 6.42 Å². The first kappa shape index (κ1) is 10.9. The molecule has 3 N–H and O–H groups in total. The molecule has 3 nitrogen and oxygen atoms in total. The van der Waals surface area contributed by atoms with Crippen molar-refractivity contribution in [1.82, 2.24) is 4.90 Å². The van der Waals surface area contributed by atoms with Crippen molar-refractivity contribution in [2.24, 2.45) is 5.73 Å². The number of hydrogen-bond donors (Lipinski definition) is 2. The fraction of sp³-hybridized carbons (Fsp3) is 1.00. The summed E-state index contributed by atoms with van der Waals surface area (Å²) in [7, 11) is 3.91. The SMILES string of the molecule is CCC(N(C)C)C(C)(O)CN. The minimum absolute atomic E-state index is 0.146. The lowest BCUT2D eigenvalue weighted by atomic mass is 9.93. The molecule has 0 aromatic rings. The van der Waals surface area contributed by atoms with Crippen molar-refractivity contribution in [2.75, 3.05) is 20.6 Å². The van der Waals surface area contributed by atoms with Crippen molar-refractivity contribution in [3.8, 4) is 0 Å². The quantitative estimate of drug-likeness (QED) is 0.610. The Labute approximate surface area is 69.2 Å². The van der Waals surface area contributed by atoms with E-state index in [9.17, 15) is 5.11 Å². The molecule has 0 heterocycles. The zero-order valence-electron chi connectivity index (χ0n) is 7.96. The third-order valence-electron chi connectivity index (χ3n) is 2.14. The lowest BCUT2D eigenvalue weighted by Crippen LogP contribution is -2.52. The van der Waals surface area contributed by atoms with E-state index in [-0.39, 0.29) is 6.04 Å². The first-order valence-electron chi connectivity index (χ1n) is 4.04. The number of nitrogens with zero attached hydrogens (tertiary/aromatic N) is 1. The Hall–Kier alpha value is -0.120. The summed E-state index contributed by atoms with van der Waals surface area (Å²) in [5.41, 5.74) is 4.68. The van der Waals surface area contributed by atoms with E-state index in [1.54, 1.807) is 6.92 Å². The summed E-state index contributed by atoms with van der Waals surface area (Å²) in [6.45, 7) is 4.14. The lowest BCUT2D eigenvalue weighted by Gasteiger charge is -2.35. The fourth-order valence-electron chi connectivity index (χ4n) is 1.50. The van der Waals surface area contributed by atoms with Gasteiger partial charge in [0.05, 0.1) is 5.60 Å². The molecule has 11 heavy (non-hydrogen) atoms. The summed E-state index contributed by atoms with van der Waals surface area (Å²) >= 11 is 0. The van der Waals surface area contributed by atoms with Crippen LogP contribution < -0.4 is 5.73 Å². The van der Waals surface area contributed by atoms with Crippen LogP contribution in [0.1, 0.15) is 20.3 Å². The highest BCUT2D eigenvalue weighted by atomic mass is 16.3. The maximum absolute atomic E-state index is 9.79. The van der Waals surface area contributed by atoms with Gasteiger partial charge in [0, 0.05) is 12.6 Å². The highest BCUT2D eigenvalue weighted by Crippen LogP contribution is 2.15. The van der Waals surface area contributed by atoms with Gasteiger partial charge in [0.15, 0.2) is 0 Å². The van der Waals surface area contributed by atoms with Crippen LogP contribution in [-0.2, 0) is 0 Å². The van der Waals surface area contributed by atoms with Gasteiger partial charge in [0.25, 0.3) is 0 Å². The van der Waals surface area contributed by atoms with Crippen molar-refractivity contribution < 1.29 is 5.11 Å². The molecule has 3 heteroatoms. The van der Waals surface area contributed by atoms with Crippen molar-refractivity contribution in [3.05, 3.63) is 0 Å². The van der Waals surface area contributed by atoms with E-state index in [0.29, 0.717) is 6.54 Å². The zero-order chi connectivity index (χ0) is 9.07. The van der Waals surface area contributed by atoms with Crippen LogP contribution in [0, 0.1) is 0 Å². The average molecular weight is 160 g/mol. The zero-order valence-corrected chi connectivity index (χ0v) is 7.96. The van der Waals surface area contributed by atoms with E-state index in [1.165, 1.54) is 0 Å². The minimum atomic E-state index is -0.766. The molecule has 0 bridgehead atoms. The molecule has 2 unspecified atom stereocenters. The third kappa shape index (κ3) is 2.77. The predicted octanol–water partition coefficient (Wildman–Crippen LogP) is 0.0363. The number of likely N-dealkylation sites (N-methyl/N-ethyl adjacent to an activating group) is 1. The molecule has 0 aromatic carbocycles. The summed E-state index contributed by atoms with van der Waals surface area (Å²) in [5, 5.41) is 9.79. The lowest BCUT2D eigenvalue weighted by molar-refractivity contribution is -0.0116. The topological polar surface area (TPSA) is 49.5 Å². The van der Waals surface area contributed by atoms with Crippen LogP contribution in [0.15, 0.2) is 0 Å². The predicted molar refractivity (Wildman–Crippen MR) is 47.4 cm³/mol. The van der Waals surface area contributed by atoms with Gasteiger partial charge in [-0.1, -0.05) is 6.92 Å². The van der Waals surface area contributed by atoms with Gasteiger partial charge in [-0.15, -0.1) is 0 Å². The second-order valence-electron chi connectivity index (χ2n) is 3.45. The van der Waals surface area contributed by atoms with Crippen LogP contribution in [0.3, 0.4) is 0 Å². The van der Waals surface area contributed by atoms with Crippen LogP contribution in [0.4, 0.5) is 0 Å². The van der Waals surface area contributed by atoms with Gasteiger partial charge in [-0.2, -0.15) is 0 Å². The largest absolute Gasteiger partial charge is 0.387 e. The van der Waals surface area contributed by atoms with Crippen molar-refractivity contribution in [2.45, 2.75) is 31.9 Å². The summed E-state index contributed by atoms with van der Waals surface area (Å²) in [6, 6.07) is 0.146. The Balaban J connectivity index is 4.23. The van der Waals surface area contributed by atoms with Gasteiger partial charge < -0.3 is 15.7 Å². The Morgan fingerprint density at radius 3 is 2.09 bits per heavy atom. The first-order valence-corrected chi connectivity index (χ1v) is 4.04. The molecule has 0 aliphatic carbocycles. The minimum Gasteiger partial charge on any atom is -0.387 e. The van der Waals surface area contributed by atoms with Crippen molar-refractivity contribution in [3.63, 3.8) is 0 Å². The maximum Gasteiger partial charge on any atom is 0.0895 e. The van der Waals surface area contributed by atoms with Gasteiger partial charge in [-0.25, -0.2) is 0 Å². The first-order chi connectivity index (χ1) is 4.95. The van der Waals surface area contributed by atoms with E-state index >= 15 is 0 Å². The fourth-order valence-corrected chi connectivity index (χ4v) is 1.50. The molecule has 0 rings (SSSR count). The van der Waals surface area contributed by atoms with Gasteiger partial charge in [-0.3, -0.25) is 0 Å². The Morgan fingerprint density at radius 2 is 2.00 bits per heavy atom. The number of aliphatic hydroxyl groups is 1. The maximum atomic E-state index is 9.79. The normalized spacial score (nSPS) is 19.9. The molecule has 2 atom stereocenters.